The zero-order valence-electron chi connectivity index (χ0n) is 17.8. The van der Waals surface area contributed by atoms with Crippen LogP contribution in [0.1, 0.15) is 29.3 Å². The molecule has 0 aliphatic carbocycles. The van der Waals surface area contributed by atoms with Crippen LogP contribution >= 0.6 is 23.2 Å². The summed E-state index contributed by atoms with van der Waals surface area (Å²) in [6, 6.07) is 24.9. The molecule has 10 heteroatoms. The molecule has 0 bridgehead atoms. The van der Waals surface area contributed by atoms with Gasteiger partial charge >= 0.3 is 0 Å². The number of hydrogen-bond donors (Lipinski definition) is 2. The summed E-state index contributed by atoms with van der Waals surface area (Å²) in [5, 5.41) is 14.8. The molecule has 0 saturated heterocycles. The molecule has 0 aliphatic heterocycles. The van der Waals surface area contributed by atoms with Crippen LogP contribution in [-0.2, 0) is 11.2 Å². The highest BCUT2D eigenvalue weighted by Crippen LogP contribution is 2.32. The second kappa shape index (κ2) is 12.6. The van der Waals surface area contributed by atoms with Crippen LogP contribution in [0, 0.1) is 10.1 Å². The van der Waals surface area contributed by atoms with Gasteiger partial charge in [-0.3, -0.25) is 0 Å². The average molecular weight is 502 g/mol. The average Bonchev–Trinajstić information content (AvgIpc) is 3.35. The van der Waals surface area contributed by atoms with Crippen molar-refractivity contribution in [2.45, 2.75) is 18.8 Å². The first-order valence-electron chi connectivity index (χ1n) is 10.1. The van der Waals surface area contributed by atoms with E-state index in [2.05, 4.69) is 9.97 Å². The maximum Gasteiger partial charge on any atom is 0.291 e. The van der Waals surface area contributed by atoms with Crippen molar-refractivity contribution in [3.05, 3.63) is 128 Å². The van der Waals surface area contributed by atoms with E-state index in [0.717, 1.165) is 11.1 Å². The molecule has 0 radical (unpaired) electrons. The quantitative estimate of drug-likeness (QED) is 0.163. The minimum Gasteiger partial charge on any atom is -0.461 e. The molecule has 8 nitrogen and oxygen atoms in total. The Kier molecular flexibility index (Phi) is 9.28. The fraction of sp³-hybridized carbons (Fsp3) is 0.125. The highest BCUT2D eigenvalue weighted by atomic mass is 35.5. The molecule has 1 aromatic heterocycles. The Morgan fingerprint density at radius 2 is 1.68 bits per heavy atom. The summed E-state index contributed by atoms with van der Waals surface area (Å²) in [5.41, 5.74) is 1.81. The summed E-state index contributed by atoms with van der Waals surface area (Å²) in [6.45, 7) is 0. The first-order chi connectivity index (χ1) is 16.4. The lowest BCUT2D eigenvalue weighted by Gasteiger charge is -2.25. The number of hydrogen-bond acceptors (Lipinski definition) is 5. The predicted molar refractivity (Wildman–Crippen MR) is 128 cm³/mol. The maximum absolute atomic E-state index is 8.36. The second-order valence-corrected chi connectivity index (χ2v) is 7.79. The van der Waals surface area contributed by atoms with Crippen molar-refractivity contribution in [1.29, 1.82) is 0 Å². The van der Waals surface area contributed by atoms with Gasteiger partial charge in [0.25, 0.3) is 5.09 Å². The van der Waals surface area contributed by atoms with Gasteiger partial charge in [-0.2, -0.15) is 0 Å². The van der Waals surface area contributed by atoms with Gasteiger partial charge in [-0.1, -0.05) is 77.8 Å². The fourth-order valence-electron chi connectivity index (χ4n) is 3.11. The predicted octanol–water partition coefficient (Wildman–Crippen LogP) is 6.45. The first kappa shape index (κ1) is 25.0. The van der Waals surface area contributed by atoms with Crippen LogP contribution in [0.15, 0.2) is 91.3 Å². The van der Waals surface area contributed by atoms with Gasteiger partial charge in [-0.05, 0) is 29.8 Å². The molecule has 2 atom stereocenters. The summed E-state index contributed by atoms with van der Waals surface area (Å²) in [5.74, 6) is 1.41. The van der Waals surface area contributed by atoms with Crippen molar-refractivity contribution in [3.63, 3.8) is 0 Å². The van der Waals surface area contributed by atoms with Gasteiger partial charge in [-0.15, -0.1) is 10.1 Å². The summed E-state index contributed by atoms with van der Waals surface area (Å²) in [4.78, 5) is 15.9. The third kappa shape index (κ3) is 7.77. The SMILES string of the molecule is Clc1ccc(CC(OC(Oc2ccccc2)c2ccccc2)c2ncc[nH]2)c(Cl)c1.O=[N+]([O-])O. The van der Waals surface area contributed by atoms with Crippen molar-refractivity contribution in [3.8, 4) is 5.75 Å². The Bertz CT molecular complexity index is 1160. The number of aromatic nitrogens is 2. The molecule has 0 saturated carbocycles. The second-order valence-electron chi connectivity index (χ2n) is 6.95. The van der Waals surface area contributed by atoms with Gasteiger partial charge < -0.3 is 19.7 Å². The van der Waals surface area contributed by atoms with E-state index < -0.39 is 17.5 Å². The van der Waals surface area contributed by atoms with Gasteiger partial charge in [0.15, 0.2) is 0 Å². The lowest BCUT2D eigenvalue weighted by molar-refractivity contribution is -0.742. The van der Waals surface area contributed by atoms with E-state index >= 15 is 0 Å². The molecule has 176 valence electrons. The van der Waals surface area contributed by atoms with Crippen LogP contribution in [0.5, 0.6) is 5.75 Å². The van der Waals surface area contributed by atoms with Crippen LogP contribution < -0.4 is 4.74 Å². The molecular weight excluding hydrogens is 481 g/mol. The molecule has 0 aliphatic rings. The van der Waals surface area contributed by atoms with Crippen LogP contribution in [0.2, 0.25) is 10.0 Å². The number of benzene rings is 3. The molecule has 3 aromatic carbocycles. The summed E-state index contributed by atoms with van der Waals surface area (Å²) >= 11 is 12.5. The number of imidazole rings is 1. The Labute approximate surface area is 205 Å². The third-order valence-corrected chi connectivity index (χ3v) is 5.18. The lowest BCUT2D eigenvalue weighted by Crippen LogP contribution is -2.18. The van der Waals surface area contributed by atoms with Crippen LogP contribution in [0.4, 0.5) is 0 Å². The number of rotatable bonds is 8. The monoisotopic (exact) mass is 501 g/mol. The van der Waals surface area contributed by atoms with Gasteiger partial charge in [-0.25, -0.2) is 4.98 Å². The zero-order valence-corrected chi connectivity index (χ0v) is 19.3. The van der Waals surface area contributed by atoms with Crippen molar-refractivity contribution < 1.29 is 19.8 Å². The highest BCUT2D eigenvalue weighted by molar-refractivity contribution is 6.35. The Hall–Kier alpha value is -3.59. The number of nitrogens with one attached hydrogen (secondary N) is 1. The number of halogens is 2. The van der Waals surface area contributed by atoms with E-state index in [0.29, 0.717) is 28.0 Å². The third-order valence-electron chi connectivity index (χ3n) is 4.59. The Morgan fingerprint density at radius 1 is 1.03 bits per heavy atom. The molecule has 0 spiro atoms. The molecule has 4 aromatic rings. The van der Waals surface area contributed by atoms with E-state index in [-0.39, 0.29) is 0 Å². The lowest BCUT2D eigenvalue weighted by atomic mass is 10.1. The minimum absolute atomic E-state index is 0.410. The normalized spacial score (nSPS) is 12.2. The molecule has 1 heterocycles. The Morgan fingerprint density at radius 3 is 2.26 bits per heavy atom. The number of ether oxygens (including phenoxy) is 2. The summed E-state index contributed by atoms with van der Waals surface area (Å²) in [7, 11) is 0. The molecule has 34 heavy (non-hydrogen) atoms. The summed E-state index contributed by atoms with van der Waals surface area (Å²) < 4.78 is 12.7. The van der Waals surface area contributed by atoms with Gasteiger partial charge in [0, 0.05) is 34.4 Å². The molecule has 4 rings (SSSR count). The highest BCUT2D eigenvalue weighted by Gasteiger charge is 2.24. The standard InChI is InChI=1S/C24H20Cl2N2O2.HNO3/c25-19-12-11-18(21(26)16-19)15-22(23-27-13-14-28-23)30-24(17-7-3-1-4-8-17)29-20-9-5-2-6-10-20;2-1(3)4/h1-14,16,22,24H,15H2,(H,27,28);(H,2,3,4). The van der Waals surface area contributed by atoms with Gasteiger partial charge in [0.2, 0.25) is 6.29 Å². The zero-order chi connectivity index (χ0) is 24.3. The van der Waals surface area contributed by atoms with E-state index in [1.165, 1.54) is 0 Å². The topological polar surface area (TPSA) is 111 Å². The van der Waals surface area contributed by atoms with Gasteiger partial charge in [0.1, 0.15) is 17.7 Å². The van der Waals surface area contributed by atoms with E-state index in [1.807, 2.05) is 72.8 Å². The van der Waals surface area contributed by atoms with Gasteiger partial charge in [0.05, 0.1) is 0 Å². The van der Waals surface area contributed by atoms with E-state index in [4.69, 9.17) is 48.0 Å². The maximum atomic E-state index is 8.36. The molecule has 0 fully saturated rings. The van der Waals surface area contributed by atoms with Crippen molar-refractivity contribution in [2.24, 2.45) is 0 Å². The first-order valence-corrected chi connectivity index (χ1v) is 10.9. The van der Waals surface area contributed by atoms with Crippen molar-refractivity contribution in [2.75, 3.05) is 0 Å². The fourth-order valence-corrected chi connectivity index (χ4v) is 3.59. The largest absolute Gasteiger partial charge is 0.461 e. The van der Waals surface area contributed by atoms with E-state index in [1.54, 1.807) is 18.5 Å². The molecule has 2 unspecified atom stereocenters. The summed E-state index contributed by atoms with van der Waals surface area (Å²) in [6.07, 6.45) is 2.93. The number of para-hydroxylation sites is 1. The minimum atomic E-state index is -1.50. The van der Waals surface area contributed by atoms with Crippen LogP contribution in [-0.4, -0.2) is 20.3 Å². The number of aromatic amines is 1. The smallest absolute Gasteiger partial charge is 0.291 e. The van der Waals surface area contributed by atoms with E-state index in [9.17, 15) is 0 Å². The van der Waals surface area contributed by atoms with Crippen LogP contribution in [0.25, 0.3) is 0 Å². The molecule has 0 amide bonds. The van der Waals surface area contributed by atoms with Crippen molar-refractivity contribution >= 4 is 23.2 Å². The molecular formula is C24H21Cl2N3O5. The number of H-pyrrole nitrogens is 1. The number of nitrogens with zero attached hydrogens (tertiary/aromatic N) is 2. The van der Waals surface area contributed by atoms with Crippen molar-refractivity contribution in [1.82, 2.24) is 9.97 Å². The van der Waals surface area contributed by atoms with Crippen LogP contribution in [0.3, 0.4) is 0 Å². The molecule has 2 N–H and O–H groups in total. The Balaban J connectivity index is 0.000000751.